The SMILES string of the molecule is O=c1oc2ccccc2c2c1C(c1ccc(Cl)cc1Cl)c1c(ccc3ncccc13)N2. The van der Waals surface area contributed by atoms with E-state index in [0.717, 1.165) is 38.8 Å². The minimum Gasteiger partial charge on any atom is -0.422 e. The van der Waals surface area contributed by atoms with Crippen molar-refractivity contribution in [3.05, 3.63) is 110 Å². The van der Waals surface area contributed by atoms with Crippen LogP contribution in [0.15, 0.2) is 82.1 Å². The summed E-state index contributed by atoms with van der Waals surface area (Å²) in [5.41, 5.74) is 4.85. The molecule has 3 heterocycles. The van der Waals surface area contributed by atoms with Gasteiger partial charge in [0, 0.05) is 38.6 Å². The molecular weight excluding hydrogens is 431 g/mol. The number of nitrogens with one attached hydrogen (secondary N) is 1. The second-order valence-electron chi connectivity index (χ2n) is 7.50. The highest BCUT2D eigenvalue weighted by molar-refractivity contribution is 6.35. The third-order valence-electron chi connectivity index (χ3n) is 5.79. The van der Waals surface area contributed by atoms with Crippen LogP contribution < -0.4 is 10.9 Å². The van der Waals surface area contributed by atoms with Gasteiger partial charge in [-0.3, -0.25) is 4.98 Å². The molecule has 0 spiro atoms. The first-order chi connectivity index (χ1) is 15.1. The molecule has 2 aromatic heterocycles. The van der Waals surface area contributed by atoms with Crippen molar-refractivity contribution >= 4 is 56.4 Å². The lowest BCUT2D eigenvalue weighted by Gasteiger charge is -2.31. The fourth-order valence-corrected chi connectivity index (χ4v) is 5.00. The second-order valence-corrected chi connectivity index (χ2v) is 8.34. The van der Waals surface area contributed by atoms with Gasteiger partial charge in [-0.1, -0.05) is 47.5 Å². The Labute approximate surface area is 187 Å². The predicted octanol–water partition coefficient (Wildman–Crippen LogP) is 6.89. The molecule has 1 aliphatic heterocycles. The highest BCUT2D eigenvalue weighted by Gasteiger charge is 2.34. The van der Waals surface area contributed by atoms with E-state index in [4.69, 9.17) is 27.6 Å². The van der Waals surface area contributed by atoms with E-state index in [0.29, 0.717) is 21.2 Å². The Morgan fingerprint density at radius 1 is 0.903 bits per heavy atom. The average Bonchev–Trinajstić information content (AvgIpc) is 2.78. The summed E-state index contributed by atoms with van der Waals surface area (Å²) in [6, 6.07) is 20.7. The maximum atomic E-state index is 13.3. The number of benzene rings is 3. The molecule has 5 aromatic rings. The van der Waals surface area contributed by atoms with Crippen LogP contribution in [-0.2, 0) is 0 Å². The molecule has 0 fully saturated rings. The van der Waals surface area contributed by atoms with Crippen molar-refractivity contribution in [1.82, 2.24) is 4.98 Å². The number of fused-ring (bicyclic) bond motifs is 6. The molecule has 1 unspecified atom stereocenters. The van der Waals surface area contributed by atoms with E-state index >= 15 is 0 Å². The van der Waals surface area contributed by atoms with Crippen molar-refractivity contribution in [3.8, 4) is 0 Å². The summed E-state index contributed by atoms with van der Waals surface area (Å²) in [5.74, 6) is -0.440. The summed E-state index contributed by atoms with van der Waals surface area (Å²) in [7, 11) is 0. The van der Waals surface area contributed by atoms with Gasteiger partial charge in [-0.2, -0.15) is 0 Å². The first kappa shape index (κ1) is 18.4. The summed E-state index contributed by atoms with van der Waals surface area (Å²) in [5, 5.41) is 6.30. The Bertz CT molecular complexity index is 1580. The number of halogens is 2. The van der Waals surface area contributed by atoms with Crippen LogP contribution in [0, 0.1) is 0 Å². The van der Waals surface area contributed by atoms with Gasteiger partial charge in [0.25, 0.3) is 0 Å². The van der Waals surface area contributed by atoms with Crippen molar-refractivity contribution in [3.63, 3.8) is 0 Å². The Morgan fingerprint density at radius 2 is 1.74 bits per heavy atom. The summed E-state index contributed by atoms with van der Waals surface area (Å²) in [6.45, 7) is 0. The molecule has 1 aliphatic rings. The van der Waals surface area contributed by atoms with Gasteiger partial charge in [-0.15, -0.1) is 0 Å². The van der Waals surface area contributed by atoms with Crippen LogP contribution in [0.1, 0.15) is 22.6 Å². The van der Waals surface area contributed by atoms with Crippen molar-refractivity contribution in [2.24, 2.45) is 0 Å². The normalized spacial score (nSPS) is 14.8. The van der Waals surface area contributed by atoms with Crippen LogP contribution in [0.25, 0.3) is 21.9 Å². The number of rotatable bonds is 1. The molecule has 0 saturated heterocycles. The molecule has 31 heavy (non-hydrogen) atoms. The lowest BCUT2D eigenvalue weighted by Crippen LogP contribution is -2.23. The molecule has 6 rings (SSSR count). The molecule has 0 saturated carbocycles. The monoisotopic (exact) mass is 444 g/mol. The van der Waals surface area contributed by atoms with E-state index in [-0.39, 0.29) is 0 Å². The smallest absolute Gasteiger partial charge is 0.342 e. The molecular formula is C25H14Cl2N2O2. The van der Waals surface area contributed by atoms with Crippen molar-refractivity contribution in [1.29, 1.82) is 0 Å². The van der Waals surface area contributed by atoms with E-state index in [1.165, 1.54) is 0 Å². The van der Waals surface area contributed by atoms with Gasteiger partial charge in [0.05, 0.1) is 16.8 Å². The number of para-hydroxylation sites is 1. The Morgan fingerprint density at radius 3 is 2.61 bits per heavy atom. The van der Waals surface area contributed by atoms with Crippen LogP contribution >= 0.6 is 23.2 Å². The Balaban J connectivity index is 1.78. The van der Waals surface area contributed by atoms with Gasteiger partial charge >= 0.3 is 5.63 Å². The number of hydrogen-bond acceptors (Lipinski definition) is 4. The topological polar surface area (TPSA) is 55.1 Å². The highest BCUT2D eigenvalue weighted by Crippen LogP contribution is 2.49. The van der Waals surface area contributed by atoms with E-state index in [1.807, 2.05) is 48.5 Å². The molecule has 4 nitrogen and oxygen atoms in total. The summed E-state index contributed by atoms with van der Waals surface area (Å²) < 4.78 is 5.72. The second kappa shape index (κ2) is 6.84. The van der Waals surface area contributed by atoms with Gasteiger partial charge in [0.15, 0.2) is 0 Å². The summed E-state index contributed by atoms with van der Waals surface area (Å²) in [4.78, 5) is 17.8. The third kappa shape index (κ3) is 2.76. The van der Waals surface area contributed by atoms with Gasteiger partial charge in [0.2, 0.25) is 0 Å². The largest absolute Gasteiger partial charge is 0.422 e. The summed E-state index contributed by atoms with van der Waals surface area (Å²) in [6.07, 6.45) is 1.76. The predicted molar refractivity (Wildman–Crippen MR) is 125 cm³/mol. The number of pyridine rings is 1. The quantitative estimate of drug-likeness (QED) is 0.280. The van der Waals surface area contributed by atoms with E-state index in [2.05, 4.69) is 10.3 Å². The fourth-order valence-electron chi connectivity index (χ4n) is 4.48. The molecule has 3 aromatic carbocycles. The lowest BCUT2D eigenvalue weighted by molar-refractivity contribution is 0.549. The molecule has 1 N–H and O–H groups in total. The molecule has 0 aliphatic carbocycles. The minimum absolute atomic E-state index is 0.399. The number of hydrogen-bond donors (Lipinski definition) is 1. The molecule has 0 bridgehead atoms. The van der Waals surface area contributed by atoms with E-state index in [1.54, 1.807) is 24.4 Å². The lowest BCUT2D eigenvalue weighted by atomic mass is 9.79. The van der Waals surface area contributed by atoms with Crippen LogP contribution in [0.4, 0.5) is 11.4 Å². The molecule has 150 valence electrons. The number of nitrogens with zero attached hydrogens (tertiary/aromatic N) is 1. The Kier molecular flexibility index (Phi) is 4.07. The van der Waals surface area contributed by atoms with Gasteiger partial charge in [0.1, 0.15) is 5.58 Å². The van der Waals surface area contributed by atoms with E-state index < -0.39 is 11.5 Å². The number of aromatic nitrogens is 1. The fraction of sp³-hybridized carbons (Fsp3) is 0.0400. The van der Waals surface area contributed by atoms with Crippen LogP contribution in [0.2, 0.25) is 10.0 Å². The van der Waals surface area contributed by atoms with Crippen molar-refractivity contribution in [2.75, 3.05) is 5.32 Å². The first-order valence-electron chi connectivity index (χ1n) is 9.77. The van der Waals surface area contributed by atoms with Crippen LogP contribution in [-0.4, -0.2) is 4.98 Å². The van der Waals surface area contributed by atoms with Gasteiger partial charge < -0.3 is 9.73 Å². The molecule has 6 heteroatoms. The zero-order valence-corrected chi connectivity index (χ0v) is 17.5. The Hall–Kier alpha value is -3.34. The zero-order valence-electron chi connectivity index (χ0n) is 16.0. The van der Waals surface area contributed by atoms with Crippen LogP contribution in [0.5, 0.6) is 0 Å². The number of anilines is 2. The molecule has 0 radical (unpaired) electrons. The average molecular weight is 445 g/mol. The first-order valence-corrected chi connectivity index (χ1v) is 10.5. The third-order valence-corrected chi connectivity index (χ3v) is 6.35. The maximum Gasteiger partial charge on any atom is 0.342 e. The van der Waals surface area contributed by atoms with Crippen molar-refractivity contribution in [2.45, 2.75) is 5.92 Å². The van der Waals surface area contributed by atoms with Crippen molar-refractivity contribution < 1.29 is 4.42 Å². The van der Waals surface area contributed by atoms with Gasteiger partial charge in [-0.05, 0) is 53.6 Å². The maximum absolute atomic E-state index is 13.3. The molecule has 0 amide bonds. The van der Waals surface area contributed by atoms with Crippen LogP contribution in [0.3, 0.4) is 0 Å². The zero-order chi connectivity index (χ0) is 21.1. The highest BCUT2D eigenvalue weighted by atomic mass is 35.5. The van der Waals surface area contributed by atoms with E-state index in [9.17, 15) is 4.79 Å². The minimum atomic E-state index is -0.440. The summed E-state index contributed by atoms with van der Waals surface area (Å²) >= 11 is 12.8. The van der Waals surface area contributed by atoms with Gasteiger partial charge in [-0.25, -0.2) is 4.79 Å². The molecule has 1 atom stereocenters. The standard InChI is InChI=1S/C25H14Cl2N2O2/c26-13-7-8-14(17(27)12-13)22-21-15-5-3-11-28-18(15)9-10-19(21)29-24-16-4-1-2-6-20(16)31-25(30)23(22)24/h1-12,22,29H.